The number of amides is 1. The van der Waals surface area contributed by atoms with Gasteiger partial charge in [0.25, 0.3) is 11.6 Å². The van der Waals surface area contributed by atoms with Crippen LogP contribution in [0.2, 0.25) is 5.02 Å². The van der Waals surface area contributed by atoms with Gasteiger partial charge < -0.3 is 10.1 Å². The molecule has 0 unspecified atom stereocenters. The fourth-order valence-electron chi connectivity index (χ4n) is 2.75. The number of carbonyl (C=O) groups excluding carboxylic acids is 2. The van der Waals surface area contributed by atoms with Crippen molar-refractivity contribution in [1.82, 2.24) is 0 Å². The number of Topliss-reactive ketones (excluding diaryl/α,β-unsaturated/α-hetero) is 1. The van der Waals surface area contributed by atoms with Crippen molar-refractivity contribution < 1.29 is 19.2 Å². The molecule has 0 fully saturated rings. The zero-order chi connectivity index (χ0) is 21.7. The summed E-state index contributed by atoms with van der Waals surface area (Å²) in [6, 6.07) is 18.5. The predicted octanol–water partition coefficient (Wildman–Crippen LogP) is 5.15. The van der Waals surface area contributed by atoms with Gasteiger partial charge in [-0.2, -0.15) is 0 Å². The fraction of sp³-hybridized carbons (Fsp3) is 0.0909. The van der Waals surface area contributed by atoms with Crippen LogP contribution in [0.15, 0.2) is 72.8 Å². The van der Waals surface area contributed by atoms with E-state index in [-0.39, 0.29) is 17.0 Å². The van der Waals surface area contributed by atoms with Crippen molar-refractivity contribution >= 4 is 34.7 Å². The number of nitro groups is 1. The van der Waals surface area contributed by atoms with E-state index in [2.05, 4.69) is 5.32 Å². The lowest BCUT2D eigenvalue weighted by Gasteiger charge is -2.15. The molecule has 0 aromatic heterocycles. The number of halogens is 1. The van der Waals surface area contributed by atoms with Crippen LogP contribution in [0.5, 0.6) is 5.75 Å². The Morgan fingerprint density at radius 1 is 1.00 bits per heavy atom. The molecule has 0 aliphatic rings. The lowest BCUT2D eigenvalue weighted by molar-refractivity contribution is -0.384. The fourth-order valence-corrected chi connectivity index (χ4v) is 2.94. The van der Waals surface area contributed by atoms with Crippen LogP contribution in [-0.4, -0.2) is 22.7 Å². The molecule has 3 aromatic carbocycles. The molecular weight excluding hydrogens is 408 g/mol. The smallest absolute Gasteiger partial charge is 0.270 e. The molecule has 0 spiro atoms. The molecule has 0 heterocycles. The Balaban J connectivity index is 1.70. The average molecular weight is 425 g/mol. The summed E-state index contributed by atoms with van der Waals surface area (Å²) in [5.74, 6) is -0.350. The number of anilines is 1. The number of ether oxygens (including phenoxy) is 1. The van der Waals surface area contributed by atoms with E-state index in [0.717, 1.165) is 0 Å². The second-order valence-corrected chi connectivity index (χ2v) is 6.86. The number of nitrogens with one attached hydrogen (secondary N) is 1. The lowest BCUT2D eigenvalue weighted by atomic mass is 10.1. The van der Waals surface area contributed by atoms with Gasteiger partial charge in [-0.15, -0.1) is 0 Å². The molecule has 0 saturated carbocycles. The molecule has 0 saturated heterocycles. The molecule has 0 aliphatic heterocycles. The maximum Gasteiger partial charge on any atom is 0.270 e. The van der Waals surface area contributed by atoms with Gasteiger partial charge in [0.15, 0.2) is 6.10 Å². The van der Waals surface area contributed by atoms with Crippen molar-refractivity contribution in [3.63, 3.8) is 0 Å². The highest BCUT2D eigenvalue weighted by atomic mass is 35.5. The molecule has 1 N–H and O–H groups in total. The molecule has 3 aromatic rings. The molecule has 0 bridgehead atoms. The minimum Gasteiger partial charge on any atom is -0.482 e. The van der Waals surface area contributed by atoms with E-state index in [1.54, 1.807) is 55.5 Å². The monoisotopic (exact) mass is 424 g/mol. The second-order valence-electron chi connectivity index (χ2n) is 6.42. The summed E-state index contributed by atoms with van der Waals surface area (Å²) in [7, 11) is 0. The largest absolute Gasteiger partial charge is 0.482 e. The lowest BCUT2D eigenvalue weighted by Crippen LogP contribution is -2.24. The summed E-state index contributed by atoms with van der Waals surface area (Å²) in [6.07, 6.45) is -0.772. The van der Waals surface area contributed by atoms with Crippen molar-refractivity contribution in [2.75, 3.05) is 5.32 Å². The molecule has 1 amide bonds. The number of nitro benzene ring substituents is 1. The topological polar surface area (TPSA) is 98.5 Å². The van der Waals surface area contributed by atoms with E-state index < -0.39 is 16.9 Å². The molecule has 0 radical (unpaired) electrons. The number of ketones is 1. The standard InChI is InChI=1S/C22H17ClN2O5/c1-14(21(26)15-5-2-7-17(23)11-15)30-20-10-4-8-18(13-20)24-22(27)16-6-3-9-19(12-16)25(28)29/h2-14H,1H3,(H,24,27)/t14-/m0/s1. The van der Waals surface area contributed by atoms with Crippen molar-refractivity contribution in [2.45, 2.75) is 13.0 Å². The van der Waals surface area contributed by atoms with Gasteiger partial charge in [-0.1, -0.05) is 35.9 Å². The number of non-ortho nitro benzene ring substituents is 1. The first-order chi connectivity index (χ1) is 14.3. The summed E-state index contributed by atoms with van der Waals surface area (Å²) < 4.78 is 5.72. The molecule has 1 atom stereocenters. The first kappa shape index (κ1) is 21.0. The minimum absolute atomic E-state index is 0.153. The van der Waals surface area contributed by atoms with Gasteiger partial charge in [0, 0.05) is 40.0 Å². The zero-order valence-corrected chi connectivity index (χ0v) is 16.6. The van der Waals surface area contributed by atoms with Crippen molar-refractivity contribution in [3.8, 4) is 5.75 Å². The van der Waals surface area contributed by atoms with Crippen LogP contribution in [0, 0.1) is 10.1 Å². The summed E-state index contributed by atoms with van der Waals surface area (Å²) in [4.78, 5) is 35.2. The van der Waals surface area contributed by atoms with Crippen LogP contribution in [0.1, 0.15) is 27.6 Å². The summed E-state index contributed by atoms with van der Waals surface area (Å²) >= 11 is 5.93. The predicted molar refractivity (Wildman–Crippen MR) is 113 cm³/mol. The van der Waals surface area contributed by atoms with E-state index in [0.29, 0.717) is 22.0 Å². The van der Waals surface area contributed by atoms with Gasteiger partial charge in [0.05, 0.1) is 4.92 Å². The number of carbonyl (C=O) groups is 2. The normalized spacial score (nSPS) is 11.4. The maximum absolute atomic E-state index is 12.5. The number of nitrogens with zero attached hydrogens (tertiary/aromatic N) is 1. The molecule has 8 heteroatoms. The van der Waals surface area contributed by atoms with Gasteiger partial charge in [-0.3, -0.25) is 19.7 Å². The van der Waals surface area contributed by atoms with Gasteiger partial charge in [0.1, 0.15) is 5.75 Å². The maximum atomic E-state index is 12.5. The van der Waals surface area contributed by atoms with Gasteiger partial charge in [-0.05, 0) is 37.3 Å². The zero-order valence-electron chi connectivity index (χ0n) is 15.9. The summed E-state index contributed by atoms with van der Waals surface area (Å²) in [5.41, 5.74) is 0.838. The highest BCUT2D eigenvalue weighted by molar-refractivity contribution is 6.31. The highest BCUT2D eigenvalue weighted by Gasteiger charge is 2.18. The number of benzene rings is 3. The molecule has 7 nitrogen and oxygen atoms in total. The third kappa shape index (κ3) is 5.21. The van der Waals surface area contributed by atoms with Crippen molar-refractivity contribution in [2.24, 2.45) is 0 Å². The van der Waals surface area contributed by atoms with Crippen LogP contribution >= 0.6 is 11.6 Å². The first-order valence-corrected chi connectivity index (χ1v) is 9.33. The number of hydrogen-bond donors (Lipinski definition) is 1. The molecular formula is C22H17ClN2O5. The van der Waals surface area contributed by atoms with Crippen LogP contribution in [0.4, 0.5) is 11.4 Å². The number of rotatable bonds is 7. The Hall–Kier alpha value is -3.71. The first-order valence-electron chi connectivity index (χ1n) is 8.96. The van der Waals surface area contributed by atoms with E-state index in [1.165, 1.54) is 24.3 Å². The van der Waals surface area contributed by atoms with Crippen LogP contribution in [-0.2, 0) is 0 Å². The minimum atomic E-state index is -0.772. The Morgan fingerprint density at radius 2 is 1.70 bits per heavy atom. The van der Waals surface area contributed by atoms with Crippen molar-refractivity contribution in [1.29, 1.82) is 0 Å². The van der Waals surface area contributed by atoms with E-state index >= 15 is 0 Å². The Kier molecular flexibility index (Phi) is 6.44. The second kappa shape index (κ2) is 9.19. The average Bonchev–Trinajstić information content (AvgIpc) is 2.73. The SMILES string of the molecule is C[C@H](Oc1cccc(NC(=O)c2cccc([N+](=O)[O-])c2)c1)C(=O)c1cccc(Cl)c1. The van der Waals surface area contributed by atoms with Gasteiger partial charge in [-0.25, -0.2) is 0 Å². The number of hydrogen-bond acceptors (Lipinski definition) is 5. The third-order valence-corrected chi connectivity index (χ3v) is 4.44. The van der Waals surface area contributed by atoms with Crippen molar-refractivity contribution in [3.05, 3.63) is 99.1 Å². The van der Waals surface area contributed by atoms with E-state index in [9.17, 15) is 19.7 Å². The van der Waals surface area contributed by atoms with Gasteiger partial charge in [0.2, 0.25) is 5.78 Å². The summed E-state index contributed by atoms with van der Waals surface area (Å²) in [6.45, 7) is 1.62. The molecule has 0 aliphatic carbocycles. The highest BCUT2D eigenvalue weighted by Crippen LogP contribution is 2.22. The third-order valence-electron chi connectivity index (χ3n) is 4.20. The quantitative estimate of drug-likeness (QED) is 0.321. The van der Waals surface area contributed by atoms with Crippen LogP contribution in [0.3, 0.4) is 0 Å². The van der Waals surface area contributed by atoms with Crippen LogP contribution in [0.25, 0.3) is 0 Å². The molecule has 30 heavy (non-hydrogen) atoms. The van der Waals surface area contributed by atoms with Crippen LogP contribution < -0.4 is 10.1 Å². The molecule has 3 rings (SSSR count). The Bertz CT molecular complexity index is 1120. The molecule has 152 valence electrons. The van der Waals surface area contributed by atoms with E-state index in [1.807, 2.05) is 0 Å². The van der Waals surface area contributed by atoms with Gasteiger partial charge >= 0.3 is 0 Å². The summed E-state index contributed by atoms with van der Waals surface area (Å²) in [5, 5.41) is 14.0. The Labute approximate surface area is 177 Å². The van der Waals surface area contributed by atoms with E-state index in [4.69, 9.17) is 16.3 Å². The Morgan fingerprint density at radius 3 is 2.43 bits per heavy atom.